The van der Waals surface area contributed by atoms with Crippen LogP contribution in [-0.2, 0) is 6.42 Å². The number of hydrogen-bond acceptors (Lipinski definition) is 4. The first-order valence-electron chi connectivity index (χ1n) is 6.57. The summed E-state index contributed by atoms with van der Waals surface area (Å²) in [4.78, 5) is 12.4. The predicted molar refractivity (Wildman–Crippen MR) is 76.8 cm³/mol. The number of benzene rings is 1. The summed E-state index contributed by atoms with van der Waals surface area (Å²) in [7, 11) is 0. The van der Waals surface area contributed by atoms with E-state index in [4.69, 9.17) is 0 Å². The van der Waals surface area contributed by atoms with Gasteiger partial charge in [-0.1, -0.05) is 18.2 Å². The Morgan fingerprint density at radius 3 is 2.85 bits per heavy atom. The van der Waals surface area contributed by atoms with E-state index in [1.807, 2.05) is 10.8 Å². The van der Waals surface area contributed by atoms with Crippen molar-refractivity contribution in [2.45, 2.75) is 6.42 Å². The second-order valence-corrected chi connectivity index (χ2v) is 4.76. The van der Waals surface area contributed by atoms with Gasteiger partial charge in [0.05, 0.1) is 36.3 Å². The first-order valence-corrected chi connectivity index (χ1v) is 6.57. The summed E-state index contributed by atoms with van der Waals surface area (Å²) in [6.45, 7) is 0.995. The lowest BCUT2D eigenvalue weighted by atomic mass is 10.1. The Morgan fingerprint density at radius 2 is 1.95 bits per heavy atom. The van der Waals surface area contributed by atoms with E-state index < -0.39 is 0 Å². The highest BCUT2D eigenvalue weighted by Gasteiger charge is 2.17. The molecule has 0 spiro atoms. The number of imidazole rings is 1. The lowest BCUT2D eigenvalue weighted by molar-refractivity contribution is 1.01. The first-order chi connectivity index (χ1) is 9.93. The zero-order valence-corrected chi connectivity index (χ0v) is 10.8. The highest BCUT2D eigenvalue weighted by Crippen LogP contribution is 2.34. The van der Waals surface area contributed by atoms with Crippen LogP contribution in [0.15, 0.2) is 49.4 Å². The lowest BCUT2D eigenvalue weighted by Crippen LogP contribution is -1.99. The van der Waals surface area contributed by atoms with Crippen molar-refractivity contribution < 1.29 is 0 Å². The topological polar surface area (TPSA) is 55.6 Å². The Kier molecular flexibility index (Phi) is 2.48. The maximum Gasteiger partial charge on any atom is 0.115 e. The molecular weight excluding hydrogens is 250 g/mol. The maximum atomic E-state index is 4.28. The third-order valence-electron chi connectivity index (χ3n) is 3.59. The molecule has 0 amide bonds. The summed E-state index contributed by atoms with van der Waals surface area (Å²) in [5, 5.41) is 3.46. The number of hydrogen-bond donors (Lipinski definition) is 1. The average molecular weight is 263 g/mol. The Bertz CT molecular complexity index is 748. The monoisotopic (exact) mass is 263 g/mol. The Morgan fingerprint density at radius 1 is 1.05 bits per heavy atom. The predicted octanol–water partition coefficient (Wildman–Crippen LogP) is 2.30. The van der Waals surface area contributed by atoms with Gasteiger partial charge in [0.1, 0.15) is 6.33 Å². The van der Waals surface area contributed by atoms with E-state index in [0.29, 0.717) is 0 Å². The molecule has 1 aromatic carbocycles. The number of para-hydroxylation sites is 1. The van der Waals surface area contributed by atoms with Crippen LogP contribution >= 0.6 is 0 Å². The number of anilines is 1. The van der Waals surface area contributed by atoms with Gasteiger partial charge in [-0.15, -0.1) is 0 Å². The minimum absolute atomic E-state index is 0.913. The summed E-state index contributed by atoms with van der Waals surface area (Å²) in [6.07, 6.45) is 9.85. The molecule has 0 atom stereocenters. The smallest absolute Gasteiger partial charge is 0.115 e. The molecule has 98 valence electrons. The summed E-state index contributed by atoms with van der Waals surface area (Å²) < 4.78 is 2.01. The van der Waals surface area contributed by atoms with Crippen LogP contribution in [0.5, 0.6) is 0 Å². The second-order valence-electron chi connectivity index (χ2n) is 4.76. The van der Waals surface area contributed by atoms with E-state index in [0.717, 1.165) is 24.3 Å². The Labute approximate surface area is 116 Å². The molecule has 0 unspecified atom stereocenters. The van der Waals surface area contributed by atoms with Crippen LogP contribution in [0.25, 0.3) is 16.9 Å². The highest BCUT2D eigenvalue weighted by atomic mass is 15.1. The van der Waals surface area contributed by atoms with Crippen LogP contribution in [0, 0.1) is 0 Å². The van der Waals surface area contributed by atoms with Crippen molar-refractivity contribution in [3.63, 3.8) is 0 Å². The fourth-order valence-corrected chi connectivity index (χ4v) is 2.67. The number of nitrogens with zero attached hydrogens (tertiary/aromatic N) is 4. The van der Waals surface area contributed by atoms with Crippen molar-refractivity contribution >= 4 is 5.69 Å². The van der Waals surface area contributed by atoms with Gasteiger partial charge in [0.15, 0.2) is 0 Å². The zero-order chi connectivity index (χ0) is 13.4. The Balaban J connectivity index is 1.89. The molecule has 2 aromatic heterocycles. The van der Waals surface area contributed by atoms with E-state index >= 15 is 0 Å². The van der Waals surface area contributed by atoms with Gasteiger partial charge in [0.2, 0.25) is 0 Å². The van der Waals surface area contributed by atoms with Gasteiger partial charge in [-0.05, 0) is 12.0 Å². The van der Waals surface area contributed by atoms with Crippen LogP contribution in [0.3, 0.4) is 0 Å². The molecule has 0 saturated heterocycles. The van der Waals surface area contributed by atoms with E-state index in [-0.39, 0.29) is 0 Å². The van der Waals surface area contributed by atoms with Gasteiger partial charge in [-0.2, -0.15) is 0 Å². The molecule has 5 nitrogen and oxygen atoms in total. The summed E-state index contributed by atoms with van der Waals surface area (Å²) in [5.41, 5.74) is 5.70. The van der Waals surface area contributed by atoms with Crippen LogP contribution in [-0.4, -0.2) is 26.1 Å². The van der Waals surface area contributed by atoms with Gasteiger partial charge >= 0.3 is 0 Å². The fraction of sp³-hybridized carbons (Fsp3) is 0.133. The minimum atomic E-state index is 0.913. The molecule has 0 fully saturated rings. The van der Waals surface area contributed by atoms with Crippen LogP contribution in [0.2, 0.25) is 0 Å². The minimum Gasteiger partial charge on any atom is -0.384 e. The van der Waals surface area contributed by atoms with E-state index in [1.165, 1.54) is 23.1 Å². The molecule has 0 radical (unpaired) electrons. The molecule has 1 aliphatic heterocycles. The number of rotatable bonds is 2. The molecule has 20 heavy (non-hydrogen) atoms. The molecule has 1 aliphatic rings. The average Bonchev–Trinajstić information content (AvgIpc) is 3.16. The number of nitrogens with one attached hydrogen (secondary N) is 1. The van der Waals surface area contributed by atoms with E-state index in [1.54, 1.807) is 18.7 Å². The molecule has 0 bridgehead atoms. The van der Waals surface area contributed by atoms with Crippen molar-refractivity contribution in [1.29, 1.82) is 0 Å². The van der Waals surface area contributed by atoms with Crippen molar-refractivity contribution in [3.8, 4) is 16.9 Å². The van der Waals surface area contributed by atoms with Gasteiger partial charge in [0.25, 0.3) is 0 Å². The molecular formula is C15H13N5. The second kappa shape index (κ2) is 4.45. The molecule has 4 rings (SSSR count). The van der Waals surface area contributed by atoms with E-state index in [2.05, 4.69) is 38.5 Å². The summed E-state index contributed by atoms with van der Waals surface area (Å²) >= 11 is 0. The third-order valence-corrected chi connectivity index (χ3v) is 3.59. The van der Waals surface area contributed by atoms with Crippen LogP contribution in [0.1, 0.15) is 5.56 Å². The molecule has 3 aromatic rings. The van der Waals surface area contributed by atoms with E-state index in [9.17, 15) is 0 Å². The molecule has 0 aliphatic carbocycles. The molecule has 0 saturated carbocycles. The molecule has 1 N–H and O–H groups in total. The van der Waals surface area contributed by atoms with Crippen molar-refractivity contribution in [1.82, 2.24) is 19.5 Å². The van der Waals surface area contributed by atoms with Crippen molar-refractivity contribution in [3.05, 3.63) is 55.0 Å². The summed E-state index contributed by atoms with van der Waals surface area (Å²) in [5.74, 6) is 0. The SMILES string of the molecule is c1cc2c(c(-c3cncn3-c3cncnc3)c1)NCC2. The lowest BCUT2D eigenvalue weighted by Gasteiger charge is -2.11. The number of aromatic nitrogens is 4. The first kappa shape index (κ1) is 11.2. The quantitative estimate of drug-likeness (QED) is 0.770. The fourth-order valence-electron chi connectivity index (χ4n) is 2.67. The Hall–Kier alpha value is -2.69. The highest BCUT2D eigenvalue weighted by molar-refractivity contribution is 5.80. The van der Waals surface area contributed by atoms with Crippen LogP contribution < -0.4 is 5.32 Å². The third kappa shape index (κ3) is 1.67. The van der Waals surface area contributed by atoms with Gasteiger partial charge in [0, 0.05) is 17.8 Å². The largest absolute Gasteiger partial charge is 0.384 e. The van der Waals surface area contributed by atoms with Gasteiger partial charge in [-0.25, -0.2) is 15.0 Å². The number of fused-ring (bicyclic) bond motifs is 1. The van der Waals surface area contributed by atoms with Crippen molar-refractivity contribution in [2.24, 2.45) is 0 Å². The zero-order valence-electron chi connectivity index (χ0n) is 10.8. The summed E-state index contributed by atoms with van der Waals surface area (Å²) in [6, 6.07) is 6.39. The van der Waals surface area contributed by atoms with Crippen molar-refractivity contribution in [2.75, 3.05) is 11.9 Å². The standard InChI is InChI=1S/C15H13N5/c1-2-11-4-5-19-15(11)13(3-1)14-8-18-10-20(14)12-6-16-9-17-7-12/h1-3,6-10,19H,4-5H2. The molecule has 3 heterocycles. The van der Waals surface area contributed by atoms with Gasteiger partial charge in [-0.3, -0.25) is 4.57 Å². The maximum absolute atomic E-state index is 4.28. The normalized spacial score (nSPS) is 13.0. The van der Waals surface area contributed by atoms with Crippen LogP contribution in [0.4, 0.5) is 5.69 Å². The molecule has 5 heteroatoms. The van der Waals surface area contributed by atoms with Gasteiger partial charge < -0.3 is 5.32 Å².